The van der Waals surface area contributed by atoms with Crippen molar-refractivity contribution in [3.05, 3.63) is 18.0 Å². The number of rotatable bonds is 7. The van der Waals surface area contributed by atoms with Crippen LogP contribution in [0.3, 0.4) is 0 Å². The minimum absolute atomic E-state index is 0.0482. The van der Waals surface area contributed by atoms with Crippen LogP contribution in [0.25, 0.3) is 0 Å². The fourth-order valence-corrected chi connectivity index (χ4v) is 2.75. The van der Waals surface area contributed by atoms with E-state index in [1.54, 1.807) is 6.26 Å². The Hall–Kier alpha value is -2.09. The molecule has 1 aliphatic rings. The lowest BCUT2D eigenvalue weighted by atomic mass is 10.3. The van der Waals surface area contributed by atoms with Crippen molar-refractivity contribution >= 4 is 11.9 Å². The molecule has 8 nitrogen and oxygen atoms in total. The number of amides is 1. The molecular weight excluding hydrogens is 320 g/mol. The number of aromatic nitrogens is 1. The number of hydrogen-bond acceptors (Lipinski definition) is 5. The molecule has 1 amide bonds. The van der Waals surface area contributed by atoms with E-state index >= 15 is 0 Å². The van der Waals surface area contributed by atoms with Crippen molar-refractivity contribution < 1.29 is 9.32 Å². The maximum absolute atomic E-state index is 11.7. The molecule has 1 aromatic heterocycles. The topological polar surface area (TPSA) is 86.0 Å². The summed E-state index contributed by atoms with van der Waals surface area (Å²) in [6.07, 6.45) is 2.02. The Morgan fingerprint density at radius 2 is 2.12 bits per heavy atom. The molecule has 0 aliphatic carbocycles. The zero-order chi connectivity index (χ0) is 18.1. The van der Waals surface area contributed by atoms with Crippen molar-refractivity contribution in [2.45, 2.75) is 39.8 Å². The molecular formula is C17H30N6O2. The summed E-state index contributed by atoms with van der Waals surface area (Å²) < 4.78 is 4.89. The fourth-order valence-electron chi connectivity index (χ4n) is 2.75. The highest BCUT2D eigenvalue weighted by Crippen LogP contribution is 2.07. The molecule has 1 aromatic rings. The Kier molecular flexibility index (Phi) is 7.72. The van der Waals surface area contributed by atoms with Crippen LogP contribution in [0.2, 0.25) is 0 Å². The Bertz CT molecular complexity index is 535. The van der Waals surface area contributed by atoms with E-state index in [9.17, 15) is 4.79 Å². The van der Waals surface area contributed by atoms with Gasteiger partial charge >= 0.3 is 0 Å². The van der Waals surface area contributed by atoms with Crippen LogP contribution >= 0.6 is 0 Å². The fraction of sp³-hybridized carbons (Fsp3) is 0.706. The Morgan fingerprint density at radius 3 is 2.72 bits per heavy atom. The number of nitrogens with zero attached hydrogens (tertiary/aromatic N) is 4. The summed E-state index contributed by atoms with van der Waals surface area (Å²) >= 11 is 0. The molecule has 1 fully saturated rings. The molecule has 0 spiro atoms. The number of carbonyl (C=O) groups excluding carboxylic acids is 1. The van der Waals surface area contributed by atoms with Crippen LogP contribution < -0.4 is 10.6 Å². The lowest BCUT2D eigenvalue weighted by Gasteiger charge is -2.36. The molecule has 2 N–H and O–H groups in total. The predicted molar refractivity (Wildman–Crippen MR) is 97.2 cm³/mol. The number of aliphatic imine (C=N–C) groups is 1. The van der Waals surface area contributed by atoms with Crippen molar-refractivity contribution in [1.82, 2.24) is 25.6 Å². The maximum atomic E-state index is 11.7. The molecule has 0 saturated carbocycles. The van der Waals surface area contributed by atoms with Crippen molar-refractivity contribution in [3.63, 3.8) is 0 Å². The summed E-state index contributed by atoms with van der Waals surface area (Å²) in [5.41, 5.74) is 0.963. The van der Waals surface area contributed by atoms with Crippen molar-refractivity contribution in [1.29, 1.82) is 0 Å². The van der Waals surface area contributed by atoms with Gasteiger partial charge in [-0.25, -0.2) is 0 Å². The summed E-state index contributed by atoms with van der Waals surface area (Å²) in [4.78, 5) is 20.9. The van der Waals surface area contributed by atoms with Gasteiger partial charge in [-0.1, -0.05) is 5.16 Å². The molecule has 2 rings (SSSR count). The second kappa shape index (κ2) is 10.0. The van der Waals surface area contributed by atoms with Gasteiger partial charge in [0.2, 0.25) is 5.91 Å². The molecule has 8 heteroatoms. The molecule has 1 aliphatic heterocycles. The van der Waals surface area contributed by atoms with Crippen LogP contribution in [0.1, 0.15) is 32.9 Å². The standard InChI is InChI=1S/C17H30N6O2/c1-4-18-17(19-7-5-16(24)20-14(2)3)23-10-8-22(9-11-23)13-15-6-12-25-21-15/h6,12,14H,4-5,7-11,13H2,1-3H3,(H,18,19)(H,20,24). The van der Waals surface area contributed by atoms with E-state index in [-0.39, 0.29) is 11.9 Å². The van der Waals surface area contributed by atoms with Gasteiger partial charge in [0.15, 0.2) is 5.96 Å². The zero-order valence-corrected chi connectivity index (χ0v) is 15.5. The van der Waals surface area contributed by atoms with Crippen LogP contribution in [-0.4, -0.2) is 72.1 Å². The molecule has 0 radical (unpaired) electrons. The van der Waals surface area contributed by atoms with Crippen molar-refractivity contribution in [3.8, 4) is 0 Å². The lowest BCUT2D eigenvalue weighted by molar-refractivity contribution is -0.121. The first-order valence-electron chi connectivity index (χ1n) is 9.02. The highest BCUT2D eigenvalue weighted by atomic mass is 16.5. The SMILES string of the molecule is CCNC(=NCCC(=O)NC(C)C)N1CCN(Cc2ccon2)CC1. The van der Waals surface area contributed by atoms with E-state index in [1.807, 2.05) is 19.9 Å². The van der Waals surface area contributed by atoms with Gasteiger partial charge < -0.3 is 20.1 Å². The average Bonchev–Trinajstić information content (AvgIpc) is 3.07. The van der Waals surface area contributed by atoms with E-state index in [4.69, 9.17) is 4.52 Å². The first-order valence-corrected chi connectivity index (χ1v) is 9.02. The molecule has 2 heterocycles. The molecule has 1 saturated heterocycles. The smallest absolute Gasteiger partial charge is 0.222 e. The first-order chi connectivity index (χ1) is 12.1. The second-order valence-corrected chi connectivity index (χ2v) is 6.46. The highest BCUT2D eigenvalue weighted by Gasteiger charge is 2.20. The third-order valence-electron chi connectivity index (χ3n) is 3.93. The number of nitrogens with one attached hydrogen (secondary N) is 2. The minimum atomic E-state index is 0.0482. The summed E-state index contributed by atoms with van der Waals surface area (Å²) in [6, 6.07) is 2.07. The molecule has 0 atom stereocenters. The van der Waals surface area contributed by atoms with E-state index in [2.05, 4.69) is 37.5 Å². The molecule has 0 unspecified atom stereocenters. The van der Waals surface area contributed by atoms with Gasteiger partial charge in [-0.15, -0.1) is 0 Å². The van der Waals surface area contributed by atoms with Gasteiger partial charge in [0.25, 0.3) is 0 Å². The third-order valence-corrected chi connectivity index (χ3v) is 3.93. The monoisotopic (exact) mass is 350 g/mol. The van der Waals surface area contributed by atoms with E-state index in [1.165, 1.54) is 0 Å². The Balaban J connectivity index is 1.79. The highest BCUT2D eigenvalue weighted by molar-refractivity contribution is 5.81. The van der Waals surface area contributed by atoms with Crippen molar-refractivity contribution in [2.24, 2.45) is 4.99 Å². The molecule has 0 aromatic carbocycles. The summed E-state index contributed by atoms with van der Waals surface area (Å²) in [5.74, 6) is 0.938. The van der Waals surface area contributed by atoms with Crippen molar-refractivity contribution in [2.75, 3.05) is 39.3 Å². The summed E-state index contributed by atoms with van der Waals surface area (Å²) in [5, 5.41) is 10.2. The van der Waals surface area contributed by atoms with E-state index in [0.29, 0.717) is 13.0 Å². The molecule has 25 heavy (non-hydrogen) atoms. The third kappa shape index (κ3) is 6.74. The Morgan fingerprint density at radius 1 is 1.36 bits per heavy atom. The average molecular weight is 350 g/mol. The number of guanidine groups is 1. The van der Waals surface area contributed by atoms with Gasteiger partial charge in [-0.05, 0) is 20.8 Å². The van der Waals surface area contributed by atoms with E-state index < -0.39 is 0 Å². The minimum Gasteiger partial charge on any atom is -0.364 e. The van der Waals surface area contributed by atoms with Crippen LogP contribution in [0.15, 0.2) is 21.8 Å². The second-order valence-electron chi connectivity index (χ2n) is 6.46. The predicted octanol–water partition coefficient (Wildman–Crippen LogP) is 0.672. The maximum Gasteiger partial charge on any atom is 0.222 e. The number of carbonyl (C=O) groups is 1. The normalized spacial score (nSPS) is 16.3. The van der Waals surface area contributed by atoms with E-state index in [0.717, 1.165) is 50.9 Å². The van der Waals surface area contributed by atoms with Gasteiger partial charge in [-0.3, -0.25) is 14.7 Å². The van der Waals surface area contributed by atoms with Gasteiger partial charge in [0.05, 0.1) is 12.2 Å². The van der Waals surface area contributed by atoms with Crippen LogP contribution in [0, 0.1) is 0 Å². The molecule has 0 bridgehead atoms. The van der Waals surface area contributed by atoms with Crippen LogP contribution in [0.5, 0.6) is 0 Å². The zero-order valence-electron chi connectivity index (χ0n) is 15.5. The molecule has 140 valence electrons. The lowest BCUT2D eigenvalue weighted by Crippen LogP contribution is -2.52. The number of piperazine rings is 1. The summed E-state index contributed by atoms with van der Waals surface area (Å²) in [6.45, 7) is 11.8. The Labute approximate surface area is 149 Å². The van der Waals surface area contributed by atoms with Crippen LogP contribution in [-0.2, 0) is 11.3 Å². The van der Waals surface area contributed by atoms with Gasteiger partial charge in [-0.2, -0.15) is 0 Å². The largest absolute Gasteiger partial charge is 0.364 e. The number of hydrogen-bond donors (Lipinski definition) is 2. The van der Waals surface area contributed by atoms with Gasteiger partial charge in [0, 0.05) is 57.8 Å². The van der Waals surface area contributed by atoms with Crippen LogP contribution in [0.4, 0.5) is 0 Å². The first kappa shape index (κ1) is 19.2. The van der Waals surface area contributed by atoms with Gasteiger partial charge in [0.1, 0.15) is 6.26 Å². The quantitative estimate of drug-likeness (QED) is 0.555. The summed E-state index contributed by atoms with van der Waals surface area (Å²) in [7, 11) is 0.